The van der Waals surface area contributed by atoms with Crippen molar-refractivity contribution in [1.29, 1.82) is 0 Å². The number of ether oxygens (including phenoxy) is 1. The van der Waals surface area contributed by atoms with Gasteiger partial charge in [-0.25, -0.2) is 9.78 Å². The van der Waals surface area contributed by atoms with Gasteiger partial charge in [0.15, 0.2) is 17.0 Å². The van der Waals surface area contributed by atoms with Gasteiger partial charge >= 0.3 is 5.97 Å². The fourth-order valence-corrected chi connectivity index (χ4v) is 2.85. The molecule has 0 aliphatic heterocycles. The standard InChI is InChI=1S/C21H18ClN3O4/c1-13(26)15-6-5-7-16(12-15)23-21(28)14(2)29-19(27)10-9-17-20(22)24-18-8-3-4-11-25(17)18/h3-12,14H,1-2H3,(H,23,28)/b10-9+/t14-/m1/s1. The summed E-state index contributed by atoms with van der Waals surface area (Å²) in [7, 11) is 0. The van der Waals surface area contributed by atoms with Crippen LogP contribution in [0.15, 0.2) is 54.7 Å². The highest BCUT2D eigenvalue weighted by Crippen LogP contribution is 2.19. The van der Waals surface area contributed by atoms with Gasteiger partial charge in [0.1, 0.15) is 5.65 Å². The predicted molar refractivity (Wildman–Crippen MR) is 110 cm³/mol. The smallest absolute Gasteiger partial charge is 0.331 e. The Morgan fingerprint density at radius 2 is 2.00 bits per heavy atom. The number of pyridine rings is 1. The topological polar surface area (TPSA) is 89.8 Å². The van der Waals surface area contributed by atoms with Gasteiger partial charge in [0.25, 0.3) is 5.91 Å². The minimum atomic E-state index is -1.04. The molecule has 1 atom stereocenters. The Hall–Kier alpha value is -3.45. The quantitative estimate of drug-likeness (QED) is 0.379. The first-order valence-electron chi connectivity index (χ1n) is 8.78. The summed E-state index contributed by atoms with van der Waals surface area (Å²) < 4.78 is 6.86. The minimum absolute atomic E-state index is 0.114. The summed E-state index contributed by atoms with van der Waals surface area (Å²) in [5.41, 5.74) is 2.09. The van der Waals surface area contributed by atoms with Crippen LogP contribution >= 0.6 is 11.6 Å². The maximum Gasteiger partial charge on any atom is 0.331 e. The fraction of sp³-hybridized carbons (Fsp3) is 0.143. The number of hydrogen-bond donors (Lipinski definition) is 1. The van der Waals surface area contributed by atoms with Crippen molar-refractivity contribution in [3.05, 3.63) is 71.1 Å². The highest BCUT2D eigenvalue weighted by atomic mass is 35.5. The number of carbonyl (C=O) groups excluding carboxylic acids is 3. The monoisotopic (exact) mass is 411 g/mol. The molecule has 1 aromatic carbocycles. The Labute approximate surface area is 172 Å². The second-order valence-corrected chi connectivity index (χ2v) is 6.61. The normalized spacial score (nSPS) is 12.1. The molecule has 148 valence electrons. The second-order valence-electron chi connectivity index (χ2n) is 6.26. The van der Waals surface area contributed by atoms with E-state index in [9.17, 15) is 14.4 Å². The summed E-state index contributed by atoms with van der Waals surface area (Å²) in [6.07, 6.45) is 3.39. The number of esters is 1. The van der Waals surface area contributed by atoms with Crippen LogP contribution in [0, 0.1) is 0 Å². The van der Waals surface area contributed by atoms with E-state index in [0.29, 0.717) is 22.6 Å². The lowest BCUT2D eigenvalue weighted by atomic mass is 10.1. The van der Waals surface area contributed by atoms with Gasteiger partial charge in [-0.3, -0.25) is 14.0 Å². The molecule has 0 fully saturated rings. The summed E-state index contributed by atoms with van der Waals surface area (Å²) in [6.45, 7) is 2.89. The maximum absolute atomic E-state index is 12.3. The van der Waals surface area contributed by atoms with Crippen molar-refractivity contribution in [3.8, 4) is 0 Å². The molecule has 3 rings (SSSR count). The molecule has 0 spiro atoms. The first kappa shape index (κ1) is 20.3. The van der Waals surface area contributed by atoms with E-state index in [1.165, 1.54) is 26.0 Å². The number of fused-ring (bicyclic) bond motifs is 1. The van der Waals surface area contributed by atoms with Crippen LogP contribution in [0.5, 0.6) is 0 Å². The lowest BCUT2D eigenvalue weighted by Gasteiger charge is -2.12. The Kier molecular flexibility index (Phi) is 6.09. The molecule has 0 saturated heterocycles. The molecular formula is C21H18ClN3O4. The summed E-state index contributed by atoms with van der Waals surface area (Å²) in [5.74, 6) is -1.33. The number of nitrogens with zero attached hydrogens (tertiary/aromatic N) is 2. The van der Waals surface area contributed by atoms with E-state index in [2.05, 4.69) is 10.3 Å². The van der Waals surface area contributed by atoms with Crippen LogP contribution in [-0.4, -0.2) is 33.1 Å². The van der Waals surface area contributed by atoms with Crippen LogP contribution in [0.2, 0.25) is 5.15 Å². The van der Waals surface area contributed by atoms with E-state index >= 15 is 0 Å². The average molecular weight is 412 g/mol. The van der Waals surface area contributed by atoms with Gasteiger partial charge in [-0.15, -0.1) is 0 Å². The van der Waals surface area contributed by atoms with Crippen LogP contribution in [0.4, 0.5) is 5.69 Å². The Morgan fingerprint density at radius 1 is 1.21 bits per heavy atom. The van der Waals surface area contributed by atoms with E-state index in [0.717, 1.165) is 0 Å². The molecule has 1 amide bonds. The molecule has 8 heteroatoms. The highest BCUT2D eigenvalue weighted by molar-refractivity contribution is 6.31. The molecule has 0 aliphatic carbocycles. The zero-order valence-corrected chi connectivity index (χ0v) is 16.5. The van der Waals surface area contributed by atoms with Gasteiger partial charge < -0.3 is 10.1 Å². The summed E-state index contributed by atoms with van der Waals surface area (Å²) in [5, 5.41) is 2.86. The molecule has 0 radical (unpaired) electrons. The molecule has 7 nitrogen and oxygen atoms in total. The van der Waals surface area contributed by atoms with E-state index in [-0.39, 0.29) is 10.9 Å². The highest BCUT2D eigenvalue weighted by Gasteiger charge is 2.17. The van der Waals surface area contributed by atoms with Crippen LogP contribution in [0.1, 0.15) is 29.9 Å². The molecule has 3 aromatic rings. The van der Waals surface area contributed by atoms with E-state index in [1.807, 2.05) is 12.1 Å². The SMILES string of the molecule is CC(=O)c1cccc(NC(=O)[C@@H](C)OC(=O)/C=C/c2c(Cl)nc3ccccn23)c1. The lowest BCUT2D eigenvalue weighted by molar-refractivity contribution is -0.148. The van der Waals surface area contributed by atoms with Crippen LogP contribution < -0.4 is 5.32 Å². The molecule has 2 aromatic heterocycles. The van der Waals surface area contributed by atoms with Crippen molar-refractivity contribution < 1.29 is 19.1 Å². The number of imidazole rings is 1. The number of hydrogen-bond acceptors (Lipinski definition) is 5. The molecule has 0 bridgehead atoms. The van der Waals surface area contributed by atoms with Gasteiger partial charge in [-0.2, -0.15) is 0 Å². The largest absolute Gasteiger partial charge is 0.449 e. The minimum Gasteiger partial charge on any atom is -0.449 e. The van der Waals surface area contributed by atoms with Crippen molar-refractivity contribution >= 4 is 46.7 Å². The number of Topliss-reactive ketones (excluding diaryl/α,β-unsaturated/α-hetero) is 1. The van der Waals surface area contributed by atoms with E-state index < -0.39 is 18.0 Å². The van der Waals surface area contributed by atoms with Gasteiger partial charge in [0, 0.05) is 23.5 Å². The number of rotatable bonds is 6. The van der Waals surface area contributed by atoms with Crippen molar-refractivity contribution in [1.82, 2.24) is 9.38 Å². The molecule has 1 N–H and O–H groups in total. The third-order valence-electron chi connectivity index (χ3n) is 4.10. The van der Waals surface area contributed by atoms with E-state index in [1.54, 1.807) is 40.9 Å². The van der Waals surface area contributed by atoms with Crippen LogP contribution in [0.25, 0.3) is 11.7 Å². The van der Waals surface area contributed by atoms with Gasteiger partial charge in [-0.1, -0.05) is 29.8 Å². The zero-order valence-electron chi connectivity index (χ0n) is 15.8. The summed E-state index contributed by atoms with van der Waals surface area (Å²) in [6, 6.07) is 11.9. The molecule has 0 saturated carbocycles. The number of ketones is 1. The van der Waals surface area contributed by atoms with Crippen molar-refractivity contribution in [2.75, 3.05) is 5.32 Å². The van der Waals surface area contributed by atoms with Gasteiger partial charge in [0.05, 0.1) is 5.69 Å². The Bertz CT molecular complexity index is 1120. The van der Waals surface area contributed by atoms with Crippen molar-refractivity contribution in [3.63, 3.8) is 0 Å². The number of anilines is 1. The third kappa shape index (κ3) is 4.89. The number of benzene rings is 1. The summed E-state index contributed by atoms with van der Waals surface area (Å²) >= 11 is 6.11. The number of aromatic nitrogens is 2. The van der Waals surface area contributed by atoms with Gasteiger partial charge in [0.2, 0.25) is 0 Å². The Morgan fingerprint density at radius 3 is 2.76 bits per heavy atom. The molecule has 0 unspecified atom stereocenters. The lowest BCUT2D eigenvalue weighted by Crippen LogP contribution is -2.29. The molecule has 29 heavy (non-hydrogen) atoms. The maximum atomic E-state index is 12.3. The van der Waals surface area contributed by atoms with Gasteiger partial charge in [-0.05, 0) is 44.2 Å². The molecular weight excluding hydrogens is 394 g/mol. The fourth-order valence-electron chi connectivity index (χ4n) is 2.61. The Balaban J connectivity index is 1.63. The van der Waals surface area contributed by atoms with E-state index in [4.69, 9.17) is 16.3 Å². The first-order valence-corrected chi connectivity index (χ1v) is 9.16. The number of carbonyl (C=O) groups is 3. The molecule has 0 aliphatic rings. The molecule has 2 heterocycles. The zero-order chi connectivity index (χ0) is 21.0. The number of halogens is 1. The number of nitrogens with one attached hydrogen (secondary N) is 1. The van der Waals surface area contributed by atoms with Crippen molar-refractivity contribution in [2.24, 2.45) is 0 Å². The summed E-state index contributed by atoms with van der Waals surface area (Å²) in [4.78, 5) is 40.0. The second kappa shape index (κ2) is 8.70. The third-order valence-corrected chi connectivity index (χ3v) is 4.38. The average Bonchev–Trinajstić information content (AvgIpc) is 3.01. The first-order chi connectivity index (χ1) is 13.8. The number of amides is 1. The van der Waals surface area contributed by atoms with Crippen LogP contribution in [-0.2, 0) is 14.3 Å². The van der Waals surface area contributed by atoms with Crippen molar-refractivity contribution in [2.45, 2.75) is 20.0 Å². The predicted octanol–water partition coefficient (Wildman–Crippen LogP) is 3.77. The van der Waals surface area contributed by atoms with Crippen LogP contribution in [0.3, 0.4) is 0 Å².